The third-order valence-corrected chi connectivity index (χ3v) is 0.889. The summed E-state index contributed by atoms with van der Waals surface area (Å²) in [6.07, 6.45) is -4.17. The van der Waals surface area contributed by atoms with Crippen LogP contribution in [0.25, 0.3) is 0 Å². The Balaban J connectivity index is 4.13. The molecule has 0 aromatic heterocycles. The molecule has 0 bridgehead atoms. The molecule has 0 aromatic rings. The predicted molar refractivity (Wildman–Crippen MR) is 31.5 cm³/mol. The van der Waals surface area contributed by atoms with E-state index in [9.17, 15) is 9.59 Å². The molecule has 0 aliphatic rings. The van der Waals surface area contributed by atoms with Crippen molar-refractivity contribution in [1.82, 2.24) is 0 Å². The molecule has 0 rings (SSSR count). The van der Waals surface area contributed by atoms with Gasteiger partial charge >= 0.3 is 5.97 Å². The summed E-state index contributed by atoms with van der Waals surface area (Å²) >= 11 is 0. The minimum Gasteiger partial charge on any atom is -0.475 e. The lowest BCUT2D eigenvalue weighted by atomic mass is 10.2. The molecule has 60 valence electrons. The Kier molecular flexibility index (Phi) is 3.73. The van der Waals surface area contributed by atoms with Crippen LogP contribution >= 0.6 is 0 Å². The van der Waals surface area contributed by atoms with E-state index in [2.05, 4.69) is 12.7 Å². The van der Waals surface area contributed by atoms with Gasteiger partial charge in [-0.2, -0.15) is 0 Å². The largest absolute Gasteiger partial charge is 0.475 e. The molecule has 0 aliphatic carbocycles. The van der Waals surface area contributed by atoms with E-state index in [4.69, 9.17) is 15.3 Å². The van der Waals surface area contributed by atoms with Crippen molar-refractivity contribution in [2.24, 2.45) is 0 Å². The molecule has 2 radical (unpaired) electrons. The average Bonchev–Trinajstić information content (AvgIpc) is 2.00. The standard InChI is InChI=1S/C4H5BO6/c5-11-4(10)2(7)1(6)3(8)9/h2,4,7,10H,(H,8,9). The van der Waals surface area contributed by atoms with Gasteiger partial charge in [0, 0.05) is 0 Å². The summed E-state index contributed by atoms with van der Waals surface area (Å²) in [7, 11) is 4.36. The van der Waals surface area contributed by atoms with Gasteiger partial charge in [0.1, 0.15) is 0 Å². The van der Waals surface area contributed by atoms with Crippen LogP contribution in [0.2, 0.25) is 0 Å². The molecule has 0 saturated heterocycles. The monoisotopic (exact) mass is 160 g/mol. The number of carboxylic acids is 1. The fourth-order valence-corrected chi connectivity index (χ4v) is 0.330. The summed E-state index contributed by atoms with van der Waals surface area (Å²) in [6, 6.07) is 0. The van der Waals surface area contributed by atoms with Crippen molar-refractivity contribution in [1.29, 1.82) is 0 Å². The van der Waals surface area contributed by atoms with E-state index in [0.717, 1.165) is 0 Å². The van der Waals surface area contributed by atoms with Gasteiger partial charge < -0.3 is 20.0 Å². The van der Waals surface area contributed by atoms with Gasteiger partial charge in [-0.05, 0) is 0 Å². The van der Waals surface area contributed by atoms with Crippen LogP contribution in [0.5, 0.6) is 0 Å². The average molecular weight is 160 g/mol. The number of Topliss-reactive ketones (excluding diaryl/α,β-unsaturated/α-hetero) is 1. The SMILES string of the molecule is [B]OC(O)C(O)C(=O)C(=O)O. The molecular formula is C4H5BO6. The Bertz CT molecular complexity index is 168. The Morgan fingerprint density at radius 1 is 1.36 bits per heavy atom. The lowest BCUT2D eigenvalue weighted by molar-refractivity contribution is -0.164. The van der Waals surface area contributed by atoms with Crippen molar-refractivity contribution in [2.75, 3.05) is 0 Å². The maximum Gasteiger partial charge on any atom is 0.375 e. The molecule has 7 heteroatoms. The van der Waals surface area contributed by atoms with E-state index >= 15 is 0 Å². The van der Waals surface area contributed by atoms with Crippen LogP contribution in [0.4, 0.5) is 0 Å². The molecule has 3 N–H and O–H groups in total. The molecule has 0 spiro atoms. The molecule has 11 heavy (non-hydrogen) atoms. The van der Waals surface area contributed by atoms with Crippen molar-refractivity contribution in [3.8, 4) is 0 Å². The van der Waals surface area contributed by atoms with Gasteiger partial charge in [-0.3, -0.25) is 4.79 Å². The van der Waals surface area contributed by atoms with E-state index < -0.39 is 24.1 Å². The zero-order valence-corrected chi connectivity index (χ0v) is 5.30. The van der Waals surface area contributed by atoms with E-state index in [-0.39, 0.29) is 0 Å². The highest BCUT2D eigenvalue weighted by molar-refractivity contribution is 6.34. The summed E-state index contributed by atoms with van der Waals surface area (Å²) < 4.78 is 3.60. The van der Waals surface area contributed by atoms with Gasteiger partial charge in [0.25, 0.3) is 13.8 Å². The Labute approximate surface area is 62.8 Å². The number of aliphatic hydroxyl groups is 2. The number of carboxylic acid groups (broad SMARTS) is 1. The smallest absolute Gasteiger partial charge is 0.375 e. The zero-order valence-electron chi connectivity index (χ0n) is 5.30. The summed E-state index contributed by atoms with van der Waals surface area (Å²) in [6.45, 7) is 0. The second-order valence-electron chi connectivity index (χ2n) is 1.64. The maximum absolute atomic E-state index is 10.3. The minimum atomic E-state index is -2.16. The van der Waals surface area contributed by atoms with Crippen molar-refractivity contribution in [2.45, 2.75) is 12.4 Å². The van der Waals surface area contributed by atoms with Crippen LogP contribution in [0.3, 0.4) is 0 Å². The number of aliphatic hydroxyl groups excluding tert-OH is 2. The molecule has 0 aliphatic heterocycles. The van der Waals surface area contributed by atoms with Crippen LogP contribution in [0, 0.1) is 0 Å². The van der Waals surface area contributed by atoms with Crippen LogP contribution in [0.15, 0.2) is 0 Å². The number of carbonyl (C=O) groups is 2. The van der Waals surface area contributed by atoms with Crippen LogP contribution in [0.1, 0.15) is 0 Å². The van der Waals surface area contributed by atoms with Crippen LogP contribution in [-0.4, -0.2) is 47.5 Å². The van der Waals surface area contributed by atoms with E-state index in [1.54, 1.807) is 0 Å². The number of aliphatic carboxylic acids is 1. The molecular weight excluding hydrogens is 155 g/mol. The van der Waals surface area contributed by atoms with Gasteiger partial charge in [-0.25, -0.2) is 4.79 Å². The molecule has 0 saturated carbocycles. The van der Waals surface area contributed by atoms with Gasteiger partial charge in [0.15, 0.2) is 12.4 Å². The number of rotatable bonds is 4. The van der Waals surface area contributed by atoms with Gasteiger partial charge in [-0.15, -0.1) is 0 Å². The highest BCUT2D eigenvalue weighted by Crippen LogP contribution is 1.94. The Morgan fingerprint density at radius 3 is 2.09 bits per heavy atom. The highest BCUT2D eigenvalue weighted by Gasteiger charge is 2.28. The summed E-state index contributed by atoms with van der Waals surface area (Å²) in [4.78, 5) is 20.1. The molecule has 0 aromatic carbocycles. The maximum atomic E-state index is 10.3. The first kappa shape index (κ1) is 10.1. The van der Waals surface area contributed by atoms with Gasteiger partial charge in [0.05, 0.1) is 0 Å². The fourth-order valence-electron chi connectivity index (χ4n) is 0.330. The third kappa shape index (κ3) is 2.66. The predicted octanol–water partition coefficient (Wildman–Crippen LogP) is -2.58. The van der Waals surface area contributed by atoms with Crippen molar-refractivity contribution < 1.29 is 29.6 Å². The molecule has 6 nitrogen and oxygen atoms in total. The van der Waals surface area contributed by atoms with E-state index in [1.165, 1.54) is 0 Å². The van der Waals surface area contributed by atoms with Gasteiger partial charge in [0.2, 0.25) is 0 Å². The topological polar surface area (TPSA) is 104 Å². The number of carbonyl (C=O) groups excluding carboxylic acids is 1. The lowest BCUT2D eigenvalue weighted by Gasteiger charge is -2.12. The highest BCUT2D eigenvalue weighted by atomic mass is 16.6. The number of hydrogen-bond donors (Lipinski definition) is 3. The lowest BCUT2D eigenvalue weighted by Crippen LogP contribution is -2.39. The number of ketones is 1. The van der Waals surface area contributed by atoms with Crippen LogP contribution < -0.4 is 0 Å². The second kappa shape index (κ2) is 4.07. The fraction of sp³-hybridized carbons (Fsp3) is 0.500. The summed E-state index contributed by atoms with van der Waals surface area (Å²) in [5.41, 5.74) is 0. The molecule has 2 unspecified atom stereocenters. The minimum absolute atomic E-state index is 1.58. The summed E-state index contributed by atoms with van der Waals surface area (Å²) in [5.74, 6) is -3.45. The van der Waals surface area contributed by atoms with E-state index in [0.29, 0.717) is 0 Å². The van der Waals surface area contributed by atoms with Crippen molar-refractivity contribution in [3.63, 3.8) is 0 Å². The first-order valence-electron chi connectivity index (χ1n) is 2.49. The molecule has 0 amide bonds. The number of hydrogen-bond acceptors (Lipinski definition) is 5. The van der Waals surface area contributed by atoms with Gasteiger partial charge in [-0.1, -0.05) is 0 Å². The van der Waals surface area contributed by atoms with Crippen molar-refractivity contribution >= 4 is 19.8 Å². The van der Waals surface area contributed by atoms with Crippen LogP contribution in [-0.2, 0) is 14.2 Å². The first-order valence-corrected chi connectivity index (χ1v) is 2.49. The molecule has 2 atom stereocenters. The van der Waals surface area contributed by atoms with E-state index in [1.807, 2.05) is 0 Å². The second-order valence-corrected chi connectivity index (χ2v) is 1.64. The zero-order chi connectivity index (χ0) is 9.02. The molecule has 0 fully saturated rings. The Morgan fingerprint density at radius 2 is 1.82 bits per heavy atom. The quantitative estimate of drug-likeness (QED) is 0.237. The van der Waals surface area contributed by atoms with Crippen molar-refractivity contribution in [3.05, 3.63) is 0 Å². The Hall–Kier alpha value is -0.915. The summed E-state index contributed by atoms with van der Waals surface area (Å²) in [5, 5.41) is 25.0. The molecule has 0 heterocycles. The first-order chi connectivity index (χ1) is 5.00. The normalized spacial score (nSPS) is 15.5. The third-order valence-electron chi connectivity index (χ3n) is 0.889.